The molecule has 106 valence electrons. The zero-order valence-corrected chi connectivity index (χ0v) is 14.1. The van der Waals surface area contributed by atoms with Gasteiger partial charge in [-0.1, -0.05) is 44.7 Å². The van der Waals surface area contributed by atoms with E-state index >= 15 is 0 Å². The van der Waals surface area contributed by atoms with Crippen molar-refractivity contribution in [2.45, 2.75) is 50.0 Å². The van der Waals surface area contributed by atoms with E-state index in [1.54, 1.807) is 0 Å². The molecule has 0 aromatic heterocycles. The summed E-state index contributed by atoms with van der Waals surface area (Å²) in [6, 6.07) is 9.18. The van der Waals surface area contributed by atoms with Gasteiger partial charge in [0.25, 0.3) is 0 Å². The Morgan fingerprint density at radius 2 is 2.05 bits per heavy atom. The normalized spacial score (nSPS) is 17.8. The van der Waals surface area contributed by atoms with Crippen LogP contribution in [0.1, 0.15) is 39.0 Å². The van der Waals surface area contributed by atoms with Crippen LogP contribution in [0.3, 0.4) is 0 Å². The summed E-state index contributed by atoms with van der Waals surface area (Å²) in [6.07, 6.45) is 7.14. The van der Waals surface area contributed by atoms with Gasteiger partial charge in [-0.15, -0.1) is 11.8 Å². The Morgan fingerprint density at radius 3 is 2.74 bits per heavy atom. The molecule has 1 N–H and O–H groups in total. The molecule has 1 aromatic carbocycles. The summed E-state index contributed by atoms with van der Waals surface area (Å²) in [4.78, 5) is 1.36. The zero-order valence-electron chi connectivity index (χ0n) is 11.7. The minimum absolute atomic E-state index is 0.658. The largest absolute Gasteiger partial charge is 0.313 e. The third-order valence-electron chi connectivity index (χ3n) is 3.86. The molecule has 1 aliphatic rings. The second kappa shape index (κ2) is 8.33. The van der Waals surface area contributed by atoms with E-state index in [1.165, 1.54) is 47.2 Å². The predicted octanol–water partition coefficient (Wildman–Crippen LogP) is 5.10. The number of rotatable bonds is 7. The van der Waals surface area contributed by atoms with Crippen molar-refractivity contribution in [2.24, 2.45) is 5.92 Å². The van der Waals surface area contributed by atoms with E-state index in [2.05, 4.69) is 52.4 Å². The lowest BCUT2D eigenvalue weighted by molar-refractivity contribution is 0.415. The monoisotopic (exact) mass is 341 g/mol. The smallest absolute Gasteiger partial charge is 0.0311 e. The quantitative estimate of drug-likeness (QED) is 0.692. The molecule has 0 amide bonds. The third-order valence-corrected chi connectivity index (χ3v) is 6.05. The summed E-state index contributed by atoms with van der Waals surface area (Å²) in [7, 11) is 0. The first kappa shape index (κ1) is 15.4. The molecule has 1 aromatic rings. The van der Waals surface area contributed by atoms with Crippen LogP contribution in [0.15, 0.2) is 33.6 Å². The maximum Gasteiger partial charge on any atom is 0.0311 e. The number of benzene rings is 1. The minimum Gasteiger partial charge on any atom is -0.313 e. The van der Waals surface area contributed by atoms with Gasteiger partial charge in [0.05, 0.1) is 0 Å². The number of thioether (sulfide) groups is 1. The Hall–Kier alpha value is 0.01000. The van der Waals surface area contributed by atoms with Gasteiger partial charge in [-0.25, -0.2) is 0 Å². The van der Waals surface area contributed by atoms with Crippen LogP contribution in [0.2, 0.25) is 0 Å². The number of hydrogen-bond donors (Lipinski definition) is 1. The molecule has 2 rings (SSSR count). The highest BCUT2D eigenvalue weighted by atomic mass is 79.9. The van der Waals surface area contributed by atoms with Gasteiger partial charge in [0.1, 0.15) is 0 Å². The van der Waals surface area contributed by atoms with Crippen LogP contribution in [0.25, 0.3) is 0 Å². The summed E-state index contributed by atoms with van der Waals surface area (Å²) < 4.78 is 1.22. The van der Waals surface area contributed by atoms with Crippen LogP contribution in [0.5, 0.6) is 0 Å². The van der Waals surface area contributed by atoms with Crippen molar-refractivity contribution in [2.75, 3.05) is 12.3 Å². The first-order valence-corrected chi connectivity index (χ1v) is 9.18. The van der Waals surface area contributed by atoms with Crippen LogP contribution >= 0.6 is 27.7 Å². The fourth-order valence-corrected chi connectivity index (χ4v) is 4.54. The second-order valence-corrected chi connectivity index (χ2v) is 7.30. The Kier molecular flexibility index (Phi) is 6.75. The summed E-state index contributed by atoms with van der Waals surface area (Å²) in [5.74, 6) is 2.14. The van der Waals surface area contributed by atoms with Gasteiger partial charge in [-0.2, -0.15) is 0 Å². The minimum atomic E-state index is 0.658. The van der Waals surface area contributed by atoms with Gasteiger partial charge in [-0.05, 0) is 46.9 Å². The molecule has 1 atom stereocenters. The Bertz CT molecular complexity index is 377. The molecule has 19 heavy (non-hydrogen) atoms. The molecule has 1 saturated carbocycles. The third kappa shape index (κ3) is 5.13. The predicted molar refractivity (Wildman–Crippen MR) is 88.9 cm³/mol. The van der Waals surface area contributed by atoms with E-state index < -0.39 is 0 Å². The second-order valence-electron chi connectivity index (χ2n) is 5.38. The van der Waals surface area contributed by atoms with E-state index in [4.69, 9.17) is 0 Å². The molecule has 3 heteroatoms. The Labute approximate surface area is 130 Å². The molecule has 1 nitrogen and oxygen atoms in total. The van der Waals surface area contributed by atoms with E-state index in [1.807, 2.05) is 11.8 Å². The lowest BCUT2D eigenvalue weighted by Gasteiger charge is -2.21. The first-order chi connectivity index (χ1) is 9.29. The summed E-state index contributed by atoms with van der Waals surface area (Å²) in [5.41, 5.74) is 0. The van der Waals surface area contributed by atoms with Gasteiger partial charge in [-0.3, -0.25) is 0 Å². The van der Waals surface area contributed by atoms with Gasteiger partial charge in [0.15, 0.2) is 0 Å². The molecule has 0 spiro atoms. The summed E-state index contributed by atoms with van der Waals surface area (Å²) in [5, 5.41) is 3.66. The topological polar surface area (TPSA) is 12.0 Å². The maximum absolute atomic E-state index is 3.66. The van der Waals surface area contributed by atoms with Crippen molar-refractivity contribution in [1.82, 2.24) is 5.32 Å². The molecular weight excluding hydrogens is 318 g/mol. The average Bonchev–Trinajstić information content (AvgIpc) is 2.91. The van der Waals surface area contributed by atoms with E-state index in [0.29, 0.717) is 6.04 Å². The Morgan fingerprint density at radius 1 is 1.32 bits per heavy atom. The van der Waals surface area contributed by atoms with E-state index in [-0.39, 0.29) is 0 Å². The van der Waals surface area contributed by atoms with Gasteiger partial charge in [0, 0.05) is 21.2 Å². The molecule has 0 radical (unpaired) electrons. The van der Waals surface area contributed by atoms with Gasteiger partial charge >= 0.3 is 0 Å². The molecule has 1 aliphatic carbocycles. The molecule has 0 aliphatic heterocycles. The highest BCUT2D eigenvalue weighted by Gasteiger charge is 2.19. The highest BCUT2D eigenvalue weighted by Crippen LogP contribution is 2.31. The highest BCUT2D eigenvalue weighted by molar-refractivity contribution is 9.10. The van der Waals surface area contributed by atoms with Crippen molar-refractivity contribution in [1.29, 1.82) is 0 Å². The Balaban J connectivity index is 1.84. The van der Waals surface area contributed by atoms with Crippen LogP contribution in [-0.2, 0) is 0 Å². The standard InChI is InChI=1S/C16H24BrNS/c1-2-18-14(11-13-7-3-4-8-13)12-19-16-10-6-5-9-15(16)17/h5-6,9-10,13-14,18H,2-4,7-8,11-12H2,1H3. The average molecular weight is 342 g/mol. The van der Waals surface area contributed by atoms with Crippen LogP contribution in [-0.4, -0.2) is 18.3 Å². The van der Waals surface area contributed by atoms with Crippen molar-refractivity contribution < 1.29 is 0 Å². The molecule has 0 bridgehead atoms. The van der Waals surface area contributed by atoms with Crippen LogP contribution < -0.4 is 5.32 Å². The summed E-state index contributed by atoms with van der Waals surface area (Å²) in [6.45, 7) is 3.29. The number of halogens is 1. The number of nitrogens with one attached hydrogen (secondary N) is 1. The van der Waals surface area contributed by atoms with E-state index in [0.717, 1.165) is 12.5 Å². The SMILES string of the molecule is CCNC(CSc1ccccc1Br)CC1CCCC1. The number of hydrogen-bond acceptors (Lipinski definition) is 2. The molecular formula is C16H24BrNS. The fourth-order valence-electron chi connectivity index (χ4n) is 2.90. The lowest BCUT2D eigenvalue weighted by Crippen LogP contribution is -2.32. The molecule has 0 saturated heterocycles. The van der Waals surface area contributed by atoms with Gasteiger partial charge < -0.3 is 5.32 Å². The zero-order chi connectivity index (χ0) is 13.5. The molecule has 1 fully saturated rings. The van der Waals surface area contributed by atoms with Crippen molar-refractivity contribution in [3.05, 3.63) is 28.7 Å². The molecule has 0 heterocycles. The molecule has 1 unspecified atom stereocenters. The maximum atomic E-state index is 3.66. The van der Waals surface area contributed by atoms with Crippen molar-refractivity contribution >= 4 is 27.7 Å². The summed E-state index contributed by atoms with van der Waals surface area (Å²) >= 11 is 5.60. The van der Waals surface area contributed by atoms with Gasteiger partial charge in [0.2, 0.25) is 0 Å². The lowest BCUT2D eigenvalue weighted by atomic mass is 9.99. The fraction of sp³-hybridized carbons (Fsp3) is 0.625. The first-order valence-electron chi connectivity index (χ1n) is 7.40. The van der Waals surface area contributed by atoms with Crippen LogP contribution in [0, 0.1) is 5.92 Å². The van der Waals surface area contributed by atoms with Crippen LogP contribution in [0.4, 0.5) is 0 Å². The van der Waals surface area contributed by atoms with Crippen molar-refractivity contribution in [3.63, 3.8) is 0 Å². The van der Waals surface area contributed by atoms with Crippen molar-refractivity contribution in [3.8, 4) is 0 Å². The van der Waals surface area contributed by atoms with E-state index in [9.17, 15) is 0 Å².